The summed E-state index contributed by atoms with van der Waals surface area (Å²) in [5.74, 6) is -1.37. The Bertz CT molecular complexity index is 1270. The third kappa shape index (κ3) is 4.53. The largest absolute Gasteiger partial charge is 0.463 e. The van der Waals surface area contributed by atoms with Crippen molar-refractivity contribution in [1.82, 2.24) is 14.6 Å². The van der Waals surface area contributed by atoms with E-state index in [2.05, 4.69) is 10.1 Å². The Labute approximate surface area is 201 Å². The van der Waals surface area contributed by atoms with Crippen LogP contribution >= 0.6 is 0 Å². The normalized spacial score (nSPS) is 23.8. The third-order valence-corrected chi connectivity index (χ3v) is 5.78. The molecule has 1 aliphatic rings. The van der Waals surface area contributed by atoms with Gasteiger partial charge < -0.3 is 25.1 Å². The van der Waals surface area contributed by atoms with Gasteiger partial charge in [0.1, 0.15) is 36.7 Å². The van der Waals surface area contributed by atoms with Crippen molar-refractivity contribution in [1.29, 1.82) is 5.26 Å². The van der Waals surface area contributed by atoms with Gasteiger partial charge in [-0.1, -0.05) is 44.2 Å². The quantitative estimate of drug-likeness (QED) is 0.470. The van der Waals surface area contributed by atoms with Crippen LogP contribution in [0.25, 0.3) is 5.52 Å². The third-order valence-electron chi connectivity index (χ3n) is 5.78. The van der Waals surface area contributed by atoms with Crippen LogP contribution in [-0.2, 0) is 35.8 Å². The van der Waals surface area contributed by atoms with Crippen molar-refractivity contribution >= 4 is 23.3 Å². The number of nitrogens with zero attached hydrogens (tertiary/aromatic N) is 4. The molecule has 4 rings (SSSR count). The second-order valence-electron chi connectivity index (χ2n) is 8.51. The highest BCUT2D eigenvalue weighted by Gasteiger charge is 2.60. The van der Waals surface area contributed by atoms with Crippen molar-refractivity contribution in [2.45, 2.75) is 44.2 Å². The number of carbonyl (C=O) groups is 2. The number of benzene rings is 1. The SMILES string of the molecule is CC(C)C(=O)OC[C@H]1O[C@@](C#N)(c2ccc3c(N)ncnn23)[C@H](O)[C@@H]1OC(=O)Cc1ccccc1. The Morgan fingerprint density at radius 1 is 1.29 bits per heavy atom. The topological polar surface area (TPSA) is 162 Å². The Kier molecular flexibility index (Phi) is 6.68. The minimum absolute atomic E-state index is 0.0556. The van der Waals surface area contributed by atoms with Crippen LogP contribution < -0.4 is 5.73 Å². The number of carbonyl (C=O) groups excluding carboxylic acids is 2. The molecule has 3 heterocycles. The maximum absolute atomic E-state index is 12.7. The van der Waals surface area contributed by atoms with Crippen molar-refractivity contribution in [3.8, 4) is 6.07 Å². The second-order valence-corrected chi connectivity index (χ2v) is 8.51. The minimum Gasteiger partial charge on any atom is -0.463 e. The number of aliphatic hydroxyl groups is 1. The molecule has 1 aliphatic heterocycles. The fourth-order valence-corrected chi connectivity index (χ4v) is 3.96. The maximum atomic E-state index is 12.7. The van der Waals surface area contributed by atoms with Crippen molar-refractivity contribution in [2.75, 3.05) is 12.3 Å². The number of hydrogen-bond donors (Lipinski definition) is 2. The first-order valence-corrected chi connectivity index (χ1v) is 11.0. The lowest BCUT2D eigenvalue weighted by atomic mass is 9.92. The number of esters is 2. The van der Waals surface area contributed by atoms with Gasteiger partial charge in [-0.2, -0.15) is 10.4 Å². The minimum atomic E-state index is -1.99. The molecule has 0 saturated carbocycles. The summed E-state index contributed by atoms with van der Waals surface area (Å²) in [5, 5.41) is 25.6. The zero-order valence-electron chi connectivity index (χ0n) is 19.2. The number of ether oxygens (including phenoxy) is 3. The average Bonchev–Trinajstić information content (AvgIpc) is 3.39. The van der Waals surface area contributed by atoms with E-state index in [0.29, 0.717) is 11.1 Å². The molecule has 11 heteroatoms. The summed E-state index contributed by atoms with van der Waals surface area (Å²) in [6, 6.07) is 14.0. The molecule has 1 saturated heterocycles. The Hall–Kier alpha value is -4.01. The molecule has 2 aromatic heterocycles. The predicted octanol–water partition coefficient (Wildman–Crippen LogP) is 1.14. The van der Waals surface area contributed by atoms with E-state index in [9.17, 15) is 20.0 Å². The van der Waals surface area contributed by atoms with Gasteiger partial charge in [0.2, 0.25) is 5.60 Å². The summed E-state index contributed by atoms with van der Waals surface area (Å²) in [7, 11) is 0. The number of fused-ring (bicyclic) bond motifs is 1. The van der Waals surface area contributed by atoms with Crippen molar-refractivity contribution in [3.63, 3.8) is 0 Å². The number of aromatic nitrogens is 3. The van der Waals surface area contributed by atoms with Crippen LogP contribution in [0.3, 0.4) is 0 Å². The number of nitrogen functional groups attached to an aromatic ring is 1. The Morgan fingerprint density at radius 3 is 2.71 bits per heavy atom. The zero-order valence-corrected chi connectivity index (χ0v) is 19.2. The molecular weight excluding hydrogens is 454 g/mol. The van der Waals surface area contributed by atoms with Crippen LogP contribution in [0.1, 0.15) is 25.1 Å². The molecule has 1 aromatic carbocycles. The average molecular weight is 479 g/mol. The summed E-state index contributed by atoms with van der Waals surface area (Å²) in [5.41, 5.74) is 5.20. The monoisotopic (exact) mass is 479 g/mol. The van der Waals surface area contributed by atoms with Crippen LogP contribution in [0, 0.1) is 17.2 Å². The number of nitriles is 1. The molecule has 1 fully saturated rings. The highest BCUT2D eigenvalue weighted by molar-refractivity contribution is 5.73. The van der Waals surface area contributed by atoms with E-state index in [1.165, 1.54) is 16.9 Å². The van der Waals surface area contributed by atoms with E-state index in [4.69, 9.17) is 19.9 Å². The Morgan fingerprint density at radius 2 is 2.03 bits per heavy atom. The molecule has 4 atom stereocenters. The fourth-order valence-electron chi connectivity index (χ4n) is 3.96. The summed E-state index contributed by atoms with van der Waals surface area (Å²) in [6.07, 6.45) is -2.88. The molecule has 182 valence electrons. The van der Waals surface area contributed by atoms with Gasteiger partial charge >= 0.3 is 11.9 Å². The van der Waals surface area contributed by atoms with Crippen LogP contribution in [0.15, 0.2) is 48.8 Å². The number of anilines is 1. The first-order chi connectivity index (χ1) is 16.8. The van der Waals surface area contributed by atoms with Gasteiger partial charge in [-0.25, -0.2) is 9.50 Å². The van der Waals surface area contributed by atoms with E-state index < -0.39 is 41.8 Å². The summed E-state index contributed by atoms with van der Waals surface area (Å²) in [6.45, 7) is 3.00. The van der Waals surface area contributed by atoms with E-state index in [0.717, 1.165) is 0 Å². The lowest BCUT2D eigenvalue weighted by Crippen LogP contribution is -2.43. The highest BCUT2D eigenvalue weighted by atomic mass is 16.6. The first-order valence-electron chi connectivity index (χ1n) is 11.0. The molecule has 3 N–H and O–H groups in total. The first kappa shape index (κ1) is 24.1. The number of nitrogens with two attached hydrogens (primary N) is 1. The fraction of sp³-hybridized carbons (Fsp3) is 0.375. The van der Waals surface area contributed by atoms with E-state index in [-0.39, 0.29) is 24.5 Å². The van der Waals surface area contributed by atoms with Crippen LogP contribution in [0.4, 0.5) is 5.82 Å². The van der Waals surface area contributed by atoms with Gasteiger partial charge in [0.05, 0.1) is 18.0 Å². The molecule has 11 nitrogen and oxygen atoms in total. The molecular formula is C24H25N5O6. The predicted molar refractivity (Wildman–Crippen MR) is 121 cm³/mol. The molecule has 0 radical (unpaired) electrons. The Balaban J connectivity index is 1.66. The molecule has 0 aliphatic carbocycles. The number of hydrogen-bond acceptors (Lipinski definition) is 10. The molecule has 3 aromatic rings. The number of aliphatic hydroxyl groups excluding tert-OH is 1. The lowest BCUT2D eigenvalue weighted by Gasteiger charge is -2.24. The van der Waals surface area contributed by atoms with Crippen LogP contribution in [-0.4, -0.2) is 56.6 Å². The second kappa shape index (κ2) is 9.69. The summed E-state index contributed by atoms with van der Waals surface area (Å²) >= 11 is 0. The molecule has 0 bridgehead atoms. The maximum Gasteiger partial charge on any atom is 0.310 e. The van der Waals surface area contributed by atoms with Crippen LogP contribution in [0.2, 0.25) is 0 Å². The highest BCUT2D eigenvalue weighted by Crippen LogP contribution is 2.42. The van der Waals surface area contributed by atoms with Gasteiger partial charge in [-0.05, 0) is 17.7 Å². The summed E-state index contributed by atoms with van der Waals surface area (Å²) < 4.78 is 18.2. The lowest BCUT2D eigenvalue weighted by molar-refractivity contribution is -0.161. The van der Waals surface area contributed by atoms with Gasteiger partial charge in [-0.3, -0.25) is 9.59 Å². The molecule has 35 heavy (non-hydrogen) atoms. The summed E-state index contributed by atoms with van der Waals surface area (Å²) in [4.78, 5) is 28.7. The van der Waals surface area contributed by atoms with Crippen LogP contribution in [0.5, 0.6) is 0 Å². The van der Waals surface area contributed by atoms with Gasteiger partial charge in [-0.15, -0.1) is 0 Å². The standard InChI is InChI=1S/C24H25N5O6/c1-14(2)23(32)33-11-17-20(34-19(30)10-15-6-4-3-5-7-15)21(31)24(12-25,35-17)18-9-8-16-22(26)27-13-28-29(16)18/h3-9,13-14,17,20-21,31H,10-11H2,1-2H3,(H2,26,27,28)/t17-,20-,21-,24+/m1/s1. The van der Waals surface area contributed by atoms with Gasteiger partial charge in [0.25, 0.3) is 0 Å². The van der Waals surface area contributed by atoms with Crippen molar-refractivity contribution in [3.05, 3.63) is 60.0 Å². The molecule has 0 spiro atoms. The zero-order chi connectivity index (χ0) is 25.2. The van der Waals surface area contributed by atoms with E-state index >= 15 is 0 Å². The van der Waals surface area contributed by atoms with Gasteiger partial charge in [0, 0.05) is 0 Å². The van der Waals surface area contributed by atoms with Gasteiger partial charge in [0.15, 0.2) is 11.9 Å². The molecule has 0 unspecified atom stereocenters. The van der Waals surface area contributed by atoms with Crippen molar-refractivity contribution < 1.29 is 28.9 Å². The van der Waals surface area contributed by atoms with Crippen molar-refractivity contribution in [2.24, 2.45) is 5.92 Å². The van der Waals surface area contributed by atoms with E-state index in [1.54, 1.807) is 44.2 Å². The molecule has 0 amide bonds. The smallest absolute Gasteiger partial charge is 0.310 e. The van der Waals surface area contributed by atoms with E-state index in [1.807, 2.05) is 12.1 Å². The number of rotatable bonds is 7.